The summed E-state index contributed by atoms with van der Waals surface area (Å²) in [5.41, 5.74) is 1.91. The molecule has 0 aliphatic heterocycles. The van der Waals surface area contributed by atoms with Gasteiger partial charge in [-0.25, -0.2) is 13.4 Å². The lowest BCUT2D eigenvalue weighted by Gasteiger charge is -2.08. The van der Waals surface area contributed by atoms with Crippen LogP contribution >= 0.6 is 11.3 Å². The first-order valence-electron chi connectivity index (χ1n) is 8.05. The SMILES string of the molecule is Cc1cccc(S(=O)(=O)Nc2ccc3sc(NC(=O)C(C)C)nc3c2)c1. The third-order valence-electron chi connectivity index (χ3n) is 3.69. The van der Waals surface area contributed by atoms with Gasteiger partial charge in [0.2, 0.25) is 5.91 Å². The number of nitrogens with zero attached hydrogens (tertiary/aromatic N) is 1. The molecular weight excluding hydrogens is 370 g/mol. The molecule has 1 amide bonds. The van der Waals surface area contributed by atoms with E-state index in [0.717, 1.165) is 10.3 Å². The molecule has 3 aromatic rings. The second kappa shape index (κ2) is 7.05. The molecule has 0 spiro atoms. The minimum atomic E-state index is -3.67. The van der Waals surface area contributed by atoms with E-state index in [2.05, 4.69) is 15.0 Å². The van der Waals surface area contributed by atoms with Crippen LogP contribution in [-0.2, 0) is 14.8 Å². The maximum absolute atomic E-state index is 12.5. The van der Waals surface area contributed by atoms with E-state index in [4.69, 9.17) is 0 Å². The summed E-state index contributed by atoms with van der Waals surface area (Å²) in [5.74, 6) is -0.247. The van der Waals surface area contributed by atoms with Crippen molar-refractivity contribution in [3.05, 3.63) is 48.0 Å². The number of hydrogen-bond donors (Lipinski definition) is 2. The number of anilines is 2. The van der Waals surface area contributed by atoms with Crippen LogP contribution in [0.25, 0.3) is 10.2 Å². The molecule has 136 valence electrons. The van der Waals surface area contributed by atoms with E-state index in [-0.39, 0.29) is 16.7 Å². The number of aryl methyl sites for hydroxylation is 1. The van der Waals surface area contributed by atoms with Crippen molar-refractivity contribution in [3.63, 3.8) is 0 Å². The Morgan fingerprint density at radius 2 is 1.92 bits per heavy atom. The fraction of sp³-hybridized carbons (Fsp3) is 0.222. The number of amides is 1. The second-order valence-electron chi connectivity index (χ2n) is 6.27. The fourth-order valence-electron chi connectivity index (χ4n) is 2.29. The molecule has 2 aromatic carbocycles. The van der Waals surface area contributed by atoms with Gasteiger partial charge in [0.05, 0.1) is 20.8 Å². The molecule has 0 saturated carbocycles. The maximum atomic E-state index is 12.5. The molecule has 0 fully saturated rings. The molecule has 0 aliphatic rings. The zero-order chi connectivity index (χ0) is 18.9. The number of hydrogen-bond acceptors (Lipinski definition) is 5. The van der Waals surface area contributed by atoms with Gasteiger partial charge < -0.3 is 5.32 Å². The molecule has 3 rings (SSSR count). The Morgan fingerprint density at radius 3 is 2.62 bits per heavy atom. The van der Waals surface area contributed by atoms with Crippen molar-refractivity contribution in [2.24, 2.45) is 5.92 Å². The smallest absolute Gasteiger partial charge is 0.261 e. The van der Waals surface area contributed by atoms with Crippen LogP contribution in [0.1, 0.15) is 19.4 Å². The van der Waals surface area contributed by atoms with Crippen LogP contribution in [-0.4, -0.2) is 19.3 Å². The van der Waals surface area contributed by atoms with Crippen LogP contribution in [0.5, 0.6) is 0 Å². The van der Waals surface area contributed by atoms with Crippen molar-refractivity contribution < 1.29 is 13.2 Å². The normalized spacial score (nSPS) is 11.7. The monoisotopic (exact) mass is 389 g/mol. The molecule has 0 atom stereocenters. The van der Waals surface area contributed by atoms with E-state index in [9.17, 15) is 13.2 Å². The second-order valence-corrected chi connectivity index (χ2v) is 8.98. The Kier molecular flexibility index (Phi) is 4.97. The maximum Gasteiger partial charge on any atom is 0.261 e. The molecule has 8 heteroatoms. The molecule has 1 aromatic heterocycles. The van der Waals surface area contributed by atoms with E-state index in [0.29, 0.717) is 16.3 Å². The van der Waals surface area contributed by atoms with Gasteiger partial charge in [-0.1, -0.05) is 37.3 Å². The largest absolute Gasteiger partial charge is 0.302 e. The predicted molar refractivity (Wildman–Crippen MR) is 105 cm³/mol. The number of rotatable bonds is 5. The number of nitrogens with one attached hydrogen (secondary N) is 2. The first kappa shape index (κ1) is 18.3. The van der Waals surface area contributed by atoms with E-state index in [1.165, 1.54) is 11.3 Å². The minimum Gasteiger partial charge on any atom is -0.302 e. The molecule has 0 bridgehead atoms. The zero-order valence-corrected chi connectivity index (χ0v) is 16.2. The van der Waals surface area contributed by atoms with Gasteiger partial charge in [-0.3, -0.25) is 9.52 Å². The van der Waals surface area contributed by atoms with E-state index in [1.807, 2.05) is 13.0 Å². The van der Waals surface area contributed by atoms with E-state index >= 15 is 0 Å². The predicted octanol–water partition coefficient (Wildman–Crippen LogP) is 4.00. The molecule has 0 aliphatic carbocycles. The number of aromatic nitrogens is 1. The lowest BCUT2D eigenvalue weighted by molar-refractivity contribution is -0.118. The average molecular weight is 390 g/mol. The Morgan fingerprint density at radius 1 is 1.15 bits per heavy atom. The molecular formula is C18H19N3O3S2. The van der Waals surface area contributed by atoms with Crippen molar-refractivity contribution in [2.75, 3.05) is 10.0 Å². The highest BCUT2D eigenvalue weighted by Gasteiger charge is 2.16. The Hall–Kier alpha value is -2.45. The number of thiazole rings is 1. The molecule has 26 heavy (non-hydrogen) atoms. The van der Waals surface area contributed by atoms with Crippen molar-refractivity contribution in [3.8, 4) is 0 Å². The van der Waals surface area contributed by atoms with Gasteiger partial charge in [0.15, 0.2) is 5.13 Å². The summed E-state index contributed by atoms with van der Waals surface area (Å²) in [5, 5.41) is 3.26. The third kappa shape index (κ3) is 4.03. The third-order valence-corrected chi connectivity index (χ3v) is 6.02. The summed E-state index contributed by atoms with van der Waals surface area (Å²) in [7, 11) is -3.67. The van der Waals surface area contributed by atoms with Crippen LogP contribution in [0.15, 0.2) is 47.4 Å². The number of sulfonamides is 1. The summed E-state index contributed by atoms with van der Waals surface area (Å²) in [4.78, 5) is 16.4. The minimum absolute atomic E-state index is 0.107. The summed E-state index contributed by atoms with van der Waals surface area (Å²) in [6.07, 6.45) is 0. The first-order chi connectivity index (χ1) is 12.2. The van der Waals surface area contributed by atoms with Gasteiger partial charge in [0, 0.05) is 5.92 Å². The number of carbonyl (C=O) groups excluding carboxylic acids is 1. The van der Waals surface area contributed by atoms with Crippen LogP contribution in [0.2, 0.25) is 0 Å². The van der Waals surface area contributed by atoms with Crippen LogP contribution in [0, 0.1) is 12.8 Å². The summed E-state index contributed by atoms with van der Waals surface area (Å²) in [6, 6.07) is 11.8. The molecule has 1 heterocycles. The number of fused-ring (bicyclic) bond motifs is 1. The fourth-order valence-corrected chi connectivity index (χ4v) is 4.29. The van der Waals surface area contributed by atoms with Gasteiger partial charge in [0.1, 0.15) is 0 Å². The van der Waals surface area contributed by atoms with E-state index < -0.39 is 10.0 Å². The molecule has 2 N–H and O–H groups in total. The Bertz CT molecular complexity index is 1070. The van der Waals surface area contributed by atoms with Gasteiger partial charge in [-0.2, -0.15) is 0 Å². The van der Waals surface area contributed by atoms with Crippen molar-refractivity contribution in [1.82, 2.24) is 4.98 Å². The molecule has 0 radical (unpaired) electrons. The lowest BCUT2D eigenvalue weighted by Crippen LogP contribution is -2.17. The highest BCUT2D eigenvalue weighted by Crippen LogP contribution is 2.29. The standard InChI is InChI=1S/C18H19N3O3S2/c1-11(2)17(22)20-18-19-15-10-13(7-8-16(15)25-18)21-26(23,24)14-6-4-5-12(3)9-14/h4-11,21H,1-3H3,(H,19,20,22). The Labute approximate surface area is 156 Å². The molecule has 6 nitrogen and oxygen atoms in total. The lowest BCUT2D eigenvalue weighted by atomic mass is 10.2. The van der Waals surface area contributed by atoms with Crippen LogP contribution < -0.4 is 10.0 Å². The van der Waals surface area contributed by atoms with Crippen LogP contribution in [0.3, 0.4) is 0 Å². The summed E-state index contributed by atoms with van der Waals surface area (Å²) >= 11 is 1.35. The number of benzene rings is 2. The highest BCUT2D eigenvalue weighted by atomic mass is 32.2. The van der Waals surface area contributed by atoms with Crippen molar-refractivity contribution in [1.29, 1.82) is 0 Å². The van der Waals surface area contributed by atoms with Crippen molar-refractivity contribution in [2.45, 2.75) is 25.7 Å². The highest BCUT2D eigenvalue weighted by molar-refractivity contribution is 7.92. The van der Waals surface area contributed by atoms with Crippen LogP contribution in [0.4, 0.5) is 10.8 Å². The molecule has 0 saturated heterocycles. The van der Waals surface area contributed by atoms with E-state index in [1.54, 1.807) is 50.2 Å². The molecule has 0 unspecified atom stereocenters. The zero-order valence-electron chi connectivity index (χ0n) is 14.6. The van der Waals surface area contributed by atoms with Gasteiger partial charge >= 0.3 is 0 Å². The van der Waals surface area contributed by atoms with Crippen molar-refractivity contribution >= 4 is 48.3 Å². The topological polar surface area (TPSA) is 88.2 Å². The number of carbonyl (C=O) groups is 1. The Balaban J connectivity index is 1.86. The summed E-state index contributed by atoms with van der Waals surface area (Å²) < 4.78 is 28.5. The van der Waals surface area contributed by atoms with Gasteiger partial charge in [0.25, 0.3) is 10.0 Å². The quantitative estimate of drug-likeness (QED) is 0.690. The van der Waals surface area contributed by atoms with Gasteiger partial charge in [-0.05, 0) is 42.8 Å². The first-order valence-corrected chi connectivity index (χ1v) is 10.4. The van der Waals surface area contributed by atoms with Gasteiger partial charge in [-0.15, -0.1) is 0 Å². The average Bonchev–Trinajstić information content (AvgIpc) is 2.95. The summed E-state index contributed by atoms with van der Waals surface area (Å²) in [6.45, 7) is 5.45.